The zero-order valence-corrected chi connectivity index (χ0v) is 11.6. The molecule has 0 aliphatic rings. The summed E-state index contributed by atoms with van der Waals surface area (Å²) < 4.78 is 5.60. The lowest BCUT2D eigenvalue weighted by Gasteiger charge is -2.11. The summed E-state index contributed by atoms with van der Waals surface area (Å²) in [6.07, 6.45) is 0.506. The molecular weight excluding hydrogens is 293 g/mol. The molecule has 0 aliphatic heterocycles. The van der Waals surface area contributed by atoms with Crippen LogP contribution in [0.4, 0.5) is 0 Å². The fraction of sp³-hybridized carbons (Fsp3) is 0.364. The van der Waals surface area contributed by atoms with Crippen molar-refractivity contribution < 1.29 is 9.53 Å². The van der Waals surface area contributed by atoms with Crippen molar-refractivity contribution >= 4 is 34.3 Å². The Bertz CT molecular complexity index is 371. The molecule has 0 aliphatic carbocycles. The van der Waals surface area contributed by atoms with Crippen LogP contribution in [0.2, 0.25) is 0 Å². The van der Waals surface area contributed by atoms with E-state index in [4.69, 9.17) is 5.73 Å². The Labute approximate surface area is 110 Å². The molecule has 0 amide bonds. The zero-order valence-electron chi connectivity index (χ0n) is 9.20. The maximum Gasteiger partial charge on any atom is 0.322 e. The van der Waals surface area contributed by atoms with Gasteiger partial charge in [-0.2, -0.15) is 0 Å². The first-order valence-electron chi connectivity index (χ1n) is 4.63. The third kappa shape index (κ3) is 4.12. The second-order valence-electron chi connectivity index (χ2n) is 3.40. The Kier molecular flexibility index (Phi) is 6.64. The fourth-order valence-electron chi connectivity index (χ4n) is 1.36. The number of methoxy groups -OCH3 is 1. The highest BCUT2D eigenvalue weighted by Gasteiger charge is 2.15. The van der Waals surface area contributed by atoms with Crippen LogP contribution in [0.3, 0.4) is 0 Å². The highest BCUT2D eigenvalue weighted by molar-refractivity contribution is 9.10. The van der Waals surface area contributed by atoms with Crippen molar-refractivity contribution in [3.8, 4) is 0 Å². The summed E-state index contributed by atoms with van der Waals surface area (Å²) in [6, 6.07) is 5.31. The summed E-state index contributed by atoms with van der Waals surface area (Å²) in [6.45, 7) is 1.99. The van der Waals surface area contributed by atoms with Crippen molar-refractivity contribution in [1.82, 2.24) is 0 Å². The molecule has 0 heterocycles. The number of ether oxygens (including phenoxy) is 1. The van der Waals surface area contributed by atoms with Crippen molar-refractivity contribution in [2.24, 2.45) is 5.73 Å². The fourth-order valence-corrected chi connectivity index (χ4v) is 1.84. The first kappa shape index (κ1) is 15.4. The molecule has 2 N–H and O–H groups in total. The largest absolute Gasteiger partial charge is 0.468 e. The molecule has 0 spiro atoms. The van der Waals surface area contributed by atoms with Gasteiger partial charge in [-0.3, -0.25) is 4.79 Å². The van der Waals surface area contributed by atoms with E-state index in [2.05, 4.69) is 20.7 Å². The predicted octanol–water partition coefficient (Wildman–Crippen LogP) is 2.22. The van der Waals surface area contributed by atoms with Gasteiger partial charge in [-0.05, 0) is 36.6 Å². The van der Waals surface area contributed by atoms with Crippen molar-refractivity contribution in [3.05, 3.63) is 33.8 Å². The van der Waals surface area contributed by atoms with E-state index in [1.54, 1.807) is 0 Å². The highest BCUT2D eigenvalue weighted by Crippen LogP contribution is 2.17. The first-order valence-corrected chi connectivity index (χ1v) is 5.42. The monoisotopic (exact) mass is 307 g/mol. The molecule has 0 saturated carbocycles. The molecule has 16 heavy (non-hydrogen) atoms. The van der Waals surface area contributed by atoms with E-state index in [1.807, 2.05) is 25.1 Å². The lowest BCUT2D eigenvalue weighted by atomic mass is 10.0. The second-order valence-corrected chi connectivity index (χ2v) is 4.32. The van der Waals surface area contributed by atoms with E-state index < -0.39 is 6.04 Å². The number of aryl methyl sites for hydroxylation is 1. The average Bonchev–Trinajstić information content (AvgIpc) is 2.20. The van der Waals surface area contributed by atoms with Gasteiger partial charge in [-0.1, -0.05) is 22.0 Å². The van der Waals surface area contributed by atoms with Crippen LogP contribution in [0.25, 0.3) is 0 Å². The van der Waals surface area contributed by atoms with Crippen molar-refractivity contribution in [2.45, 2.75) is 19.4 Å². The van der Waals surface area contributed by atoms with Gasteiger partial charge < -0.3 is 10.5 Å². The minimum absolute atomic E-state index is 0. The number of halogens is 2. The van der Waals surface area contributed by atoms with Gasteiger partial charge in [0.05, 0.1) is 7.11 Å². The van der Waals surface area contributed by atoms with Crippen molar-refractivity contribution in [1.29, 1.82) is 0 Å². The Balaban J connectivity index is 0.00000225. The third-order valence-corrected chi connectivity index (χ3v) is 2.74. The minimum atomic E-state index is -0.588. The van der Waals surface area contributed by atoms with Crippen LogP contribution in [-0.4, -0.2) is 19.1 Å². The van der Waals surface area contributed by atoms with Gasteiger partial charge in [0.25, 0.3) is 0 Å². The Morgan fingerprint density at radius 3 is 2.69 bits per heavy atom. The number of carbonyl (C=O) groups excluding carboxylic acids is 1. The lowest BCUT2D eigenvalue weighted by Crippen LogP contribution is -2.33. The summed E-state index contributed by atoms with van der Waals surface area (Å²) in [5, 5.41) is 0. The molecule has 0 fully saturated rings. The molecule has 1 aromatic carbocycles. The van der Waals surface area contributed by atoms with Crippen molar-refractivity contribution in [3.63, 3.8) is 0 Å². The van der Waals surface area contributed by atoms with Gasteiger partial charge in [-0.25, -0.2) is 0 Å². The summed E-state index contributed by atoms with van der Waals surface area (Å²) >= 11 is 3.38. The summed E-state index contributed by atoms with van der Waals surface area (Å²) in [4.78, 5) is 11.1. The number of benzene rings is 1. The van der Waals surface area contributed by atoms with Crippen LogP contribution in [0.5, 0.6) is 0 Å². The quantitative estimate of drug-likeness (QED) is 0.871. The van der Waals surface area contributed by atoms with Crippen LogP contribution in [0.1, 0.15) is 11.1 Å². The van der Waals surface area contributed by atoms with E-state index in [-0.39, 0.29) is 18.4 Å². The molecule has 1 atom stereocenters. The standard InChI is InChI=1S/C11H14BrNO2.ClH/c1-7-5-9(12)4-3-8(7)6-10(13)11(14)15-2;/h3-5,10H,6,13H2,1-2H3;1H/t10-;/m0./s1. The van der Waals surface area contributed by atoms with E-state index in [0.717, 1.165) is 15.6 Å². The molecule has 5 heteroatoms. The van der Waals surface area contributed by atoms with Crippen molar-refractivity contribution in [2.75, 3.05) is 7.11 Å². The number of hydrogen-bond donors (Lipinski definition) is 1. The number of nitrogens with two attached hydrogens (primary N) is 1. The molecule has 0 unspecified atom stereocenters. The lowest BCUT2D eigenvalue weighted by molar-refractivity contribution is -0.142. The maximum atomic E-state index is 11.1. The predicted molar refractivity (Wildman–Crippen MR) is 69.8 cm³/mol. The average molecular weight is 309 g/mol. The first-order chi connectivity index (χ1) is 7.04. The van der Waals surface area contributed by atoms with Crippen LogP contribution in [-0.2, 0) is 16.0 Å². The topological polar surface area (TPSA) is 52.3 Å². The molecular formula is C11H15BrClNO2. The van der Waals surface area contributed by atoms with E-state index >= 15 is 0 Å². The van der Waals surface area contributed by atoms with Gasteiger partial charge in [0.15, 0.2) is 0 Å². The highest BCUT2D eigenvalue weighted by atomic mass is 79.9. The zero-order chi connectivity index (χ0) is 11.4. The molecule has 1 aromatic rings. The molecule has 0 saturated heterocycles. The number of hydrogen-bond acceptors (Lipinski definition) is 3. The number of rotatable bonds is 3. The Hall–Kier alpha value is -0.580. The smallest absolute Gasteiger partial charge is 0.322 e. The number of esters is 1. The summed E-state index contributed by atoms with van der Waals surface area (Å²) in [5.74, 6) is -0.377. The van der Waals surface area contributed by atoms with Gasteiger partial charge >= 0.3 is 5.97 Å². The van der Waals surface area contributed by atoms with Gasteiger partial charge in [-0.15, -0.1) is 12.4 Å². The molecule has 0 radical (unpaired) electrons. The van der Waals surface area contributed by atoms with Crippen LogP contribution in [0.15, 0.2) is 22.7 Å². The molecule has 90 valence electrons. The Morgan fingerprint density at radius 1 is 1.56 bits per heavy atom. The molecule has 1 rings (SSSR count). The van der Waals surface area contributed by atoms with Crippen LogP contribution >= 0.6 is 28.3 Å². The van der Waals surface area contributed by atoms with Gasteiger partial charge in [0.2, 0.25) is 0 Å². The van der Waals surface area contributed by atoms with Gasteiger partial charge in [0.1, 0.15) is 6.04 Å². The molecule has 3 nitrogen and oxygen atoms in total. The van der Waals surface area contributed by atoms with E-state index in [1.165, 1.54) is 7.11 Å². The number of carbonyl (C=O) groups is 1. The normalized spacial score (nSPS) is 11.5. The molecule has 0 aromatic heterocycles. The third-order valence-electron chi connectivity index (χ3n) is 2.25. The SMILES string of the molecule is COC(=O)[C@@H](N)Cc1ccc(Br)cc1C.Cl. The second kappa shape index (κ2) is 6.89. The maximum absolute atomic E-state index is 11.1. The summed E-state index contributed by atoms with van der Waals surface area (Å²) in [5.41, 5.74) is 7.86. The summed E-state index contributed by atoms with van der Waals surface area (Å²) in [7, 11) is 1.34. The van der Waals surface area contributed by atoms with E-state index in [9.17, 15) is 4.79 Å². The van der Waals surface area contributed by atoms with E-state index in [0.29, 0.717) is 6.42 Å². The van der Waals surface area contributed by atoms with Crippen LogP contribution < -0.4 is 5.73 Å². The minimum Gasteiger partial charge on any atom is -0.468 e. The van der Waals surface area contributed by atoms with Crippen LogP contribution in [0, 0.1) is 6.92 Å². The van der Waals surface area contributed by atoms with Gasteiger partial charge in [0, 0.05) is 4.47 Å². The Morgan fingerprint density at radius 2 is 2.19 bits per heavy atom. The molecule has 0 bridgehead atoms.